The van der Waals surface area contributed by atoms with Crippen LogP contribution in [0.5, 0.6) is 0 Å². The molecule has 3 aromatic heterocycles. The number of oxazole rings is 1. The number of thiophene rings is 1. The first kappa shape index (κ1) is 15.1. The zero-order chi connectivity index (χ0) is 16.7. The van der Waals surface area contributed by atoms with Crippen molar-refractivity contribution in [3.63, 3.8) is 0 Å². The Hall–Kier alpha value is -2.41. The summed E-state index contributed by atoms with van der Waals surface area (Å²) < 4.78 is 6.47. The molecular formula is C17H17N3O3S. The predicted octanol–water partition coefficient (Wildman–Crippen LogP) is 2.59. The van der Waals surface area contributed by atoms with E-state index < -0.39 is 5.76 Å². The van der Waals surface area contributed by atoms with E-state index in [1.54, 1.807) is 29.7 Å². The SMILES string of the molecule is CC[C@@H]1c2ccsc2CCN1C(=O)Cn1c(=O)oc2cccnc21. The van der Waals surface area contributed by atoms with E-state index in [2.05, 4.69) is 23.4 Å². The summed E-state index contributed by atoms with van der Waals surface area (Å²) in [5.74, 6) is -0.618. The number of rotatable bonds is 3. The third-order valence-electron chi connectivity index (χ3n) is 4.52. The first-order chi connectivity index (χ1) is 11.7. The molecule has 0 saturated carbocycles. The minimum Gasteiger partial charge on any atom is -0.406 e. The summed E-state index contributed by atoms with van der Waals surface area (Å²) in [6.45, 7) is 2.72. The van der Waals surface area contributed by atoms with Crippen LogP contribution in [0.3, 0.4) is 0 Å². The first-order valence-electron chi connectivity index (χ1n) is 7.99. The molecule has 0 N–H and O–H groups in total. The van der Waals surface area contributed by atoms with Crippen molar-refractivity contribution in [2.75, 3.05) is 6.54 Å². The van der Waals surface area contributed by atoms with Crippen molar-refractivity contribution < 1.29 is 9.21 Å². The molecule has 1 amide bonds. The number of aromatic nitrogens is 2. The summed E-state index contributed by atoms with van der Waals surface area (Å²) in [4.78, 5) is 32.3. The first-order valence-corrected chi connectivity index (χ1v) is 8.87. The molecule has 4 rings (SSSR count). The molecule has 1 atom stereocenters. The van der Waals surface area contributed by atoms with Crippen LogP contribution < -0.4 is 5.76 Å². The number of carbonyl (C=O) groups is 1. The van der Waals surface area contributed by atoms with Crippen LogP contribution in [0.25, 0.3) is 11.2 Å². The Morgan fingerprint density at radius 1 is 1.46 bits per heavy atom. The quantitative estimate of drug-likeness (QED) is 0.733. The molecule has 4 heterocycles. The molecule has 0 radical (unpaired) electrons. The maximum atomic E-state index is 12.9. The molecule has 0 bridgehead atoms. The van der Waals surface area contributed by atoms with Gasteiger partial charge in [0.1, 0.15) is 6.54 Å². The lowest BCUT2D eigenvalue weighted by molar-refractivity contribution is -0.134. The average molecular weight is 343 g/mol. The zero-order valence-electron chi connectivity index (χ0n) is 13.3. The van der Waals surface area contributed by atoms with Crippen LogP contribution in [0.15, 0.2) is 39.0 Å². The molecule has 1 aliphatic rings. The number of hydrogen-bond donors (Lipinski definition) is 0. The molecule has 1 aliphatic heterocycles. The van der Waals surface area contributed by atoms with Crippen LogP contribution in [-0.4, -0.2) is 26.9 Å². The lowest BCUT2D eigenvalue weighted by Gasteiger charge is -2.35. The summed E-state index contributed by atoms with van der Waals surface area (Å²) in [5, 5.41) is 2.08. The number of fused-ring (bicyclic) bond motifs is 2. The van der Waals surface area contributed by atoms with Crippen molar-refractivity contribution in [1.29, 1.82) is 0 Å². The number of pyridine rings is 1. The maximum Gasteiger partial charge on any atom is 0.421 e. The van der Waals surface area contributed by atoms with Crippen LogP contribution in [0.4, 0.5) is 0 Å². The van der Waals surface area contributed by atoms with Gasteiger partial charge in [0.2, 0.25) is 5.91 Å². The zero-order valence-corrected chi connectivity index (χ0v) is 14.1. The molecule has 0 saturated heterocycles. The normalized spacial score (nSPS) is 17.2. The van der Waals surface area contributed by atoms with Gasteiger partial charge in [0.05, 0.1) is 6.04 Å². The van der Waals surface area contributed by atoms with E-state index in [9.17, 15) is 9.59 Å². The number of nitrogens with zero attached hydrogens (tertiary/aromatic N) is 3. The Morgan fingerprint density at radius 3 is 3.17 bits per heavy atom. The van der Waals surface area contributed by atoms with Crippen LogP contribution in [-0.2, 0) is 17.8 Å². The Balaban J connectivity index is 1.64. The topological polar surface area (TPSA) is 68.3 Å². The van der Waals surface area contributed by atoms with Gasteiger partial charge in [0, 0.05) is 17.6 Å². The molecular weight excluding hydrogens is 326 g/mol. The minimum atomic E-state index is -0.543. The van der Waals surface area contributed by atoms with E-state index in [0.29, 0.717) is 17.8 Å². The van der Waals surface area contributed by atoms with Crippen molar-refractivity contribution in [2.45, 2.75) is 32.4 Å². The molecule has 24 heavy (non-hydrogen) atoms. The summed E-state index contributed by atoms with van der Waals surface area (Å²) in [6, 6.07) is 5.56. The molecule has 0 unspecified atom stereocenters. The molecule has 6 nitrogen and oxygen atoms in total. The van der Waals surface area contributed by atoms with Gasteiger partial charge in [-0.05, 0) is 42.0 Å². The lowest BCUT2D eigenvalue weighted by Crippen LogP contribution is -2.42. The fourth-order valence-corrected chi connectivity index (χ4v) is 4.33. The van der Waals surface area contributed by atoms with Crippen molar-refractivity contribution in [1.82, 2.24) is 14.5 Å². The highest BCUT2D eigenvalue weighted by Crippen LogP contribution is 2.35. The second kappa shape index (κ2) is 5.90. The van der Waals surface area contributed by atoms with Crippen molar-refractivity contribution in [3.05, 3.63) is 50.8 Å². The Kier molecular flexibility index (Phi) is 3.72. The number of amides is 1. The van der Waals surface area contributed by atoms with E-state index in [1.807, 2.05) is 4.90 Å². The molecule has 0 fully saturated rings. The number of carbonyl (C=O) groups excluding carboxylic acids is 1. The average Bonchev–Trinajstić information content (AvgIpc) is 3.18. The molecule has 3 aromatic rings. The highest BCUT2D eigenvalue weighted by Gasteiger charge is 2.31. The third kappa shape index (κ3) is 2.36. The van der Waals surface area contributed by atoms with Crippen molar-refractivity contribution >= 4 is 28.5 Å². The van der Waals surface area contributed by atoms with E-state index in [4.69, 9.17) is 4.42 Å². The minimum absolute atomic E-state index is 0.0428. The van der Waals surface area contributed by atoms with Gasteiger partial charge in [-0.1, -0.05) is 6.92 Å². The van der Waals surface area contributed by atoms with Gasteiger partial charge in [-0.3, -0.25) is 4.79 Å². The monoisotopic (exact) mass is 343 g/mol. The van der Waals surface area contributed by atoms with Crippen LogP contribution in [0.2, 0.25) is 0 Å². The van der Waals surface area contributed by atoms with E-state index >= 15 is 0 Å². The van der Waals surface area contributed by atoms with Crippen LogP contribution >= 0.6 is 11.3 Å². The second-order valence-electron chi connectivity index (χ2n) is 5.84. The van der Waals surface area contributed by atoms with E-state index in [1.165, 1.54) is 15.0 Å². The van der Waals surface area contributed by atoms with E-state index in [0.717, 1.165) is 12.8 Å². The molecule has 124 valence electrons. The lowest BCUT2D eigenvalue weighted by atomic mass is 9.98. The Labute approximate surface area is 142 Å². The fraction of sp³-hybridized carbons (Fsp3) is 0.353. The Bertz CT molecular complexity index is 955. The summed E-state index contributed by atoms with van der Waals surface area (Å²) in [7, 11) is 0. The highest BCUT2D eigenvalue weighted by atomic mass is 32.1. The van der Waals surface area contributed by atoms with Gasteiger partial charge >= 0.3 is 5.76 Å². The van der Waals surface area contributed by atoms with Gasteiger partial charge < -0.3 is 9.32 Å². The maximum absolute atomic E-state index is 12.9. The second-order valence-corrected chi connectivity index (χ2v) is 6.84. The largest absolute Gasteiger partial charge is 0.421 e. The molecule has 0 aromatic carbocycles. The van der Waals surface area contributed by atoms with Crippen molar-refractivity contribution in [3.8, 4) is 0 Å². The van der Waals surface area contributed by atoms with Crippen LogP contribution in [0.1, 0.15) is 29.8 Å². The van der Waals surface area contributed by atoms with Gasteiger partial charge in [0.25, 0.3) is 0 Å². The highest BCUT2D eigenvalue weighted by molar-refractivity contribution is 7.10. The third-order valence-corrected chi connectivity index (χ3v) is 5.52. The standard InChI is InChI=1S/C17H17N3O3S/c1-2-12-11-6-9-24-14(11)5-8-19(12)15(21)10-20-16-13(23-17(20)22)4-3-7-18-16/h3-4,6-7,9,12H,2,5,8,10H2,1H3/t12-/m1/s1. The van der Waals surface area contributed by atoms with Gasteiger partial charge in [0.15, 0.2) is 11.2 Å². The van der Waals surface area contributed by atoms with Crippen molar-refractivity contribution in [2.24, 2.45) is 0 Å². The van der Waals surface area contributed by atoms with Gasteiger partial charge in [-0.2, -0.15) is 0 Å². The van der Waals surface area contributed by atoms with E-state index in [-0.39, 0.29) is 18.5 Å². The summed E-state index contributed by atoms with van der Waals surface area (Å²) in [5.41, 5.74) is 2.06. The van der Waals surface area contributed by atoms with Gasteiger partial charge in [-0.25, -0.2) is 14.3 Å². The van der Waals surface area contributed by atoms with Gasteiger partial charge in [-0.15, -0.1) is 11.3 Å². The molecule has 7 heteroatoms. The molecule has 0 aliphatic carbocycles. The number of hydrogen-bond acceptors (Lipinski definition) is 5. The summed E-state index contributed by atoms with van der Waals surface area (Å²) in [6.07, 6.45) is 3.31. The molecule has 0 spiro atoms. The summed E-state index contributed by atoms with van der Waals surface area (Å²) >= 11 is 1.75. The fourth-order valence-electron chi connectivity index (χ4n) is 3.40. The predicted molar refractivity (Wildman–Crippen MR) is 91.0 cm³/mol. The smallest absolute Gasteiger partial charge is 0.406 e. The Morgan fingerprint density at radius 2 is 2.33 bits per heavy atom. The van der Waals surface area contributed by atoms with Crippen LogP contribution in [0, 0.1) is 0 Å².